The third-order valence-electron chi connectivity index (χ3n) is 13.8. The van der Waals surface area contributed by atoms with Gasteiger partial charge in [0.25, 0.3) is 0 Å². The van der Waals surface area contributed by atoms with Crippen molar-refractivity contribution < 1.29 is 23.1 Å². The monoisotopic (exact) mass is 606 g/mol. The van der Waals surface area contributed by atoms with E-state index in [0.29, 0.717) is 30.0 Å². The molecule has 0 aromatic rings. The zero-order valence-electron chi connectivity index (χ0n) is 28.9. The Morgan fingerprint density at radius 2 is 1.32 bits per heavy atom. The fraction of sp³-hybridized carbons (Fsp3) is 0.971. The van der Waals surface area contributed by atoms with Crippen LogP contribution in [-0.2, 0) is 23.1 Å². The summed E-state index contributed by atoms with van der Waals surface area (Å²) >= 11 is 0. The smallest absolute Gasteiger partial charge is 0.192 e. The Kier molecular flexibility index (Phi) is 7.67. The molecule has 0 bridgehead atoms. The van der Waals surface area contributed by atoms with Crippen molar-refractivity contribution in [1.29, 1.82) is 0 Å². The number of ether oxygens (including phenoxy) is 2. The number of carbonyl (C=O) groups is 1. The molecule has 4 saturated carbocycles. The Morgan fingerprint density at radius 3 is 1.90 bits per heavy atom. The van der Waals surface area contributed by atoms with E-state index < -0.39 is 22.4 Å². The highest BCUT2D eigenvalue weighted by atomic mass is 28.4. The molecular weight excluding hydrogens is 545 g/mol. The van der Waals surface area contributed by atoms with Gasteiger partial charge in [0.1, 0.15) is 5.78 Å². The molecule has 7 heteroatoms. The van der Waals surface area contributed by atoms with Crippen molar-refractivity contribution in [2.45, 2.75) is 174 Å². The molecule has 0 aromatic heterocycles. The summed E-state index contributed by atoms with van der Waals surface area (Å²) in [7, 11) is -3.90. The summed E-state index contributed by atoms with van der Waals surface area (Å²) < 4.78 is 27.8. The molecule has 5 nitrogen and oxygen atoms in total. The zero-order chi connectivity index (χ0) is 30.8. The second-order valence-electron chi connectivity index (χ2n) is 18.6. The van der Waals surface area contributed by atoms with E-state index in [1.165, 1.54) is 0 Å². The van der Waals surface area contributed by atoms with Crippen molar-refractivity contribution in [2.24, 2.45) is 34.5 Å². The van der Waals surface area contributed by atoms with E-state index in [9.17, 15) is 4.79 Å². The lowest BCUT2D eigenvalue weighted by Crippen LogP contribution is -2.66. The van der Waals surface area contributed by atoms with E-state index in [2.05, 4.69) is 95.4 Å². The molecule has 1 saturated heterocycles. The van der Waals surface area contributed by atoms with Crippen LogP contribution in [0.3, 0.4) is 0 Å². The molecule has 0 amide bonds. The quantitative estimate of drug-likeness (QED) is 0.300. The summed E-state index contributed by atoms with van der Waals surface area (Å²) in [4.78, 5) is 14.5. The van der Waals surface area contributed by atoms with Crippen molar-refractivity contribution in [3.05, 3.63) is 0 Å². The number of carbonyl (C=O) groups excluding carboxylic acids is 1. The van der Waals surface area contributed by atoms with Crippen LogP contribution < -0.4 is 0 Å². The van der Waals surface area contributed by atoms with Gasteiger partial charge in [0, 0.05) is 17.8 Å². The van der Waals surface area contributed by atoms with Gasteiger partial charge in [-0.15, -0.1) is 0 Å². The van der Waals surface area contributed by atoms with E-state index in [4.69, 9.17) is 18.3 Å². The van der Waals surface area contributed by atoms with Crippen LogP contribution in [0.2, 0.25) is 36.3 Å². The van der Waals surface area contributed by atoms with E-state index >= 15 is 0 Å². The Balaban J connectivity index is 1.48. The predicted octanol–water partition coefficient (Wildman–Crippen LogP) is 8.73. The van der Waals surface area contributed by atoms with Gasteiger partial charge in [0.15, 0.2) is 22.4 Å². The van der Waals surface area contributed by atoms with Gasteiger partial charge in [-0.25, -0.2) is 0 Å². The van der Waals surface area contributed by atoms with Gasteiger partial charge in [0.2, 0.25) is 0 Å². The molecule has 5 fully saturated rings. The molecule has 0 radical (unpaired) electrons. The van der Waals surface area contributed by atoms with Gasteiger partial charge >= 0.3 is 0 Å². The average molecular weight is 607 g/mol. The number of ketones is 1. The van der Waals surface area contributed by atoms with E-state index in [0.717, 1.165) is 32.1 Å². The van der Waals surface area contributed by atoms with E-state index in [1.54, 1.807) is 0 Å². The van der Waals surface area contributed by atoms with Gasteiger partial charge < -0.3 is 18.3 Å². The molecule has 5 rings (SSSR count). The largest absolute Gasteiger partial charge is 0.413 e. The summed E-state index contributed by atoms with van der Waals surface area (Å²) in [6.45, 7) is 32.3. The first-order valence-electron chi connectivity index (χ1n) is 16.7. The molecule has 1 heterocycles. The molecule has 0 spiro atoms. The molecule has 4 aliphatic carbocycles. The number of rotatable bonds is 4. The third kappa shape index (κ3) is 5.03. The van der Waals surface area contributed by atoms with Crippen LogP contribution in [0.15, 0.2) is 0 Å². The van der Waals surface area contributed by atoms with Crippen LogP contribution in [0, 0.1) is 34.5 Å². The molecule has 8 unspecified atom stereocenters. The number of Topliss-reactive ketones (excluding diaryl/α,β-unsaturated/α-hetero) is 1. The van der Waals surface area contributed by atoms with Gasteiger partial charge in [-0.1, -0.05) is 55.4 Å². The SMILES string of the molecule is CC1(C)OC2C(O1)C1CC(O[Si](C)(C)C(C)(C)C)CC(=O)[C@]1(C)C1CC[C@]3(C)C(O[Si](C)(C)C(C)(C)C)CCC3C21. The maximum atomic E-state index is 14.5. The second kappa shape index (κ2) is 9.72. The van der Waals surface area contributed by atoms with Crippen molar-refractivity contribution in [3.8, 4) is 0 Å². The highest BCUT2D eigenvalue weighted by Gasteiger charge is 2.71. The topological polar surface area (TPSA) is 54.0 Å². The molecular formula is C34H62O5Si2. The first-order valence-corrected chi connectivity index (χ1v) is 22.5. The molecule has 236 valence electrons. The molecule has 5 aliphatic rings. The van der Waals surface area contributed by atoms with Gasteiger partial charge in [-0.05, 0) is 105 Å². The van der Waals surface area contributed by atoms with Crippen molar-refractivity contribution >= 4 is 22.4 Å². The lowest BCUT2D eigenvalue weighted by Gasteiger charge is -2.62. The minimum atomic E-state index is -2.00. The molecule has 0 aromatic carbocycles. The lowest BCUT2D eigenvalue weighted by atomic mass is 9.43. The van der Waals surface area contributed by atoms with Gasteiger partial charge in [-0.2, -0.15) is 0 Å². The number of fused-ring (bicyclic) bond motifs is 8. The highest BCUT2D eigenvalue weighted by Crippen LogP contribution is 2.68. The second-order valence-corrected chi connectivity index (χ2v) is 28.1. The summed E-state index contributed by atoms with van der Waals surface area (Å²) in [5.74, 6) is 1.07. The predicted molar refractivity (Wildman–Crippen MR) is 171 cm³/mol. The van der Waals surface area contributed by atoms with Crippen LogP contribution in [0.5, 0.6) is 0 Å². The molecule has 10 atom stereocenters. The van der Waals surface area contributed by atoms with Gasteiger partial charge in [-0.3, -0.25) is 4.79 Å². The van der Waals surface area contributed by atoms with E-state index in [-0.39, 0.29) is 51.2 Å². The van der Waals surface area contributed by atoms with Crippen molar-refractivity contribution in [1.82, 2.24) is 0 Å². The van der Waals surface area contributed by atoms with Crippen molar-refractivity contribution in [3.63, 3.8) is 0 Å². The minimum Gasteiger partial charge on any atom is -0.413 e. The molecule has 1 aliphatic heterocycles. The Morgan fingerprint density at radius 1 is 0.756 bits per heavy atom. The highest BCUT2D eigenvalue weighted by molar-refractivity contribution is 6.74. The normalized spacial score (nSPS) is 44.7. The summed E-state index contributed by atoms with van der Waals surface area (Å²) in [5, 5.41) is 0.310. The minimum absolute atomic E-state index is 0.0197. The van der Waals surface area contributed by atoms with Crippen LogP contribution in [-0.4, -0.2) is 52.6 Å². The first-order chi connectivity index (χ1) is 18.4. The average Bonchev–Trinajstić information content (AvgIpc) is 3.29. The molecule has 41 heavy (non-hydrogen) atoms. The van der Waals surface area contributed by atoms with Crippen LogP contribution in [0.4, 0.5) is 0 Å². The Hall–Kier alpha value is -0.0562. The maximum absolute atomic E-state index is 14.5. The maximum Gasteiger partial charge on any atom is 0.192 e. The number of hydrogen-bond acceptors (Lipinski definition) is 5. The molecule has 0 N–H and O–H groups in total. The summed E-state index contributed by atoms with van der Waals surface area (Å²) in [6.07, 6.45) is 6.18. The van der Waals surface area contributed by atoms with Crippen LogP contribution >= 0.6 is 0 Å². The Bertz CT molecular complexity index is 1040. The summed E-state index contributed by atoms with van der Waals surface area (Å²) in [5.41, 5.74) is -0.269. The Labute approximate surface area is 253 Å². The number of hydrogen-bond donors (Lipinski definition) is 0. The fourth-order valence-electron chi connectivity index (χ4n) is 9.34. The third-order valence-corrected chi connectivity index (χ3v) is 22.8. The van der Waals surface area contributed by atoms with Crippen molar-refractivity contribution in [2.75, 3.05) is 0 Å². The lowest BCUT2D eigenvalue weighted by molar-refractivity contribution is -0.193. The standard InChI is InChI=1S/C34H62O5Si2/c1-30(2,3)40(11,12)38-21-19-24-28-29(37-32(7,8)36-28)27-22-15-16-26(39-41(13,14)31(4,5)6)33(22,9)18-17-23(27)34(24,10)25(35)20-21/h21-24,26-29H,15-20H2,1-14H3/t21?,22?,23?,24?,26?,27?,28?,29?,33-,34+/m0/s1. The van der Waals surface area contributed by atoms with Crippen LogP contribution in [0.1, 0.15) is 108 Å². The summed E-state index contributed by atoms with van der Waals surface area (Å²) in [6, 6.07) is 0. The fourth-order valence-corrected chi connectivity index (χ4v) is 12.2. The van der Waals surface area contributed by atoms with Gasteiger partial charge in [0.05, 0.1) is 24.4 Å². The van der Waals surface area contributed by atoms with Crippen LogP contribution in [0.25, 0.3) is 0 Å². The zero-order valence-corrected chi connectivity index (χ0v) is 30.9. The first kappa shape index (κ1) is 32.3. The van der Waals surface area contributed by atoms with E-state index in [1.807, 2.05) is 0 Å².